The number of pyridine rings is 1. The van der Waals surface area contributed by atoms with Crippen molar-refractivity contribution in [2.45, 2.75) is 59.8 Å². The Kier molecular flexibility index (Phi) is 4.34. The average molecular weight is 306 g/mol. The van der Waals surface area contributed by atoms with Gasteiger partial charge in [-0.15, -0.1) is 0 Å². The van der Waals surface area contributed by atoms with Crippen molar-refractivity contribution in [1.82, 2.24) is 4.98 Å². The quantitative estimate of drug-likeness (QED) is 0.710. The lowest BCUT2D eigenvalue weighted by Gasteiger charge is -2.19. The lowest BCUT2D eigenvalue weighted by molar-refractivity contribution is 0.786. The number of benzene rings is 1. The second kappa shape index (κ2) is 6.27. The topological polar surface area (TPSA) is 25.2 Å². The molecule has 1 aliphatic rings. The molecule has 3 rings (SSSR count). The minimum absolute atomic E-state index is 0.450. The first-order chi connectivity index (χ1) is 11.0. The zero-order valence-corrected chi connectivity index (χ0v) is 14.9. The fraction of sp³-hybridized carbons (Fsp3) is 0.429. The van der Waals surface area contributed by atoms with Crippen LogP contribution in [-0.2, 0) is 6.42 Å². The molecule has 0 radical (unpaired) electrons. The van der Waals surface area contributed by atoms with E-state index in [1.54, 1.807) is 0 Å². The van der Waals surface area contributed by atoms with Gasteiger partial charge in [-0.1, -0.05) is 37.6 Å². The molecule has 0 atom stereocenters. The number of hydrogen-bond donors (Lipinski definition) is 0. The third-order valence-electron chi connectivity index (χ3n) is 4.61. The van der Waals surface area contributed by atoms with E-state index in [9.17, 15) is 0 Å². The summed E-state index contributed by atoms with van der Waals surface area (Å²) >= 11 is 0. The normalized spacial score (nSPS) is 16.0. The van der Waals surface area contributed by atoms with Crippen molar-refractivity contribution in [2.75, 3.05) is 0 Å². The summed E-state index contributed by atoms with van der Waals surface area (Å²) in [5.74, 6) is 0.450. The van der Waals surface area contributed by atoms with E-state index in [0.29, 0.717) is 5.92 Å². The minimum atomic E-state index is 0.450. The second-order valence-corrected chi connectivity index (χ2v) is 7.06. The van der Waals surface area contributed by atoms with Crippen LogP contribution < -0.4 is 0 Å². The lowest BCUT2D eigenvalue weighted by atomic mass is 9.92. The van der Waals surface area contributed by atoms with E-state index in [-0.39, 0.29) is 0 Å². The van der Waals surface area contributed by atoms with Crippen LogP contribution in [0.4, 0.5) is 5.69 Å². The van der Waals surface area contributed by atoms with Crippen molar-refractivity contribution >= 4 is 11.4 Å². The van der Waals surface area contributed by atoms with E-state index >= 15 is 0 Å². The van der Waals surface area contributed by atoms with E-state index in [2.05, 4.69) is 58.9 Å². The first-order valence-corrected chi connectivity index (χ1v) is 8.61. The van der Waals surface area contributed by atoms with Gasteiger partial charge in [0.15, 0.2) is 0 Å². The van der Waals surface area contributed by atoms with Crippen LogP contribution in [0.3, 0.4) is 0 Å². The van der Waals surface area contributed by atoms with Gasteiger partial charge in [0.2, 0.25) is 0 Å². The van der Waals surface area contributed by atoms with Gasteiger partial charge in [0, 0.05) is 5.69 Å². The third-order valence-corrected chi connectivity index (χ3v) is 4.61. The van der Waals surface area contributed by atoms with Gasteiger partial charge >= 0.3 is 0 Å². The van der Waals surface area contributed by atoms with Crippen LogP contribution in [0.25, 0.3) is 0 Å². The maximum atomic E-state index is 5.05. The molecule has 1 aliphatic carbocycles. The van der Waals surface area contributed by atoms with Crippen molar-refractivity contribution in [1.29, 1.82) is 0 Å². The van der Waals surface area contributed by atoms with Gasteiger partial charge < -0.3 is 0 Å². The van der Waals surface area contributed by atoms with Crippen LogP contribution in [0.5, 0.6) is 0 Å². The Bertz CT molecular complexity index is 746. The second-order valence-electron chi connectivity index (χ2n) is 7.06. The van der Waals surface area contributed by atoms with Crippen molar-refractivity contribution in [3.05, 3.63) is 57.9 Å². The SMILES string of the molecule is Cc1cc(C)c(N=C2CCCc3ccc(C(C)C)nc32)c(C)c1. The van der Waals surface area contributed by atoms with E-state index in [0.717, 1.165) is 35.6 Å². The van der Waals surface area contributed by atoms with Gasteiger partial charge in [-0.3, -0.25) is 9.98 Å². The fourth-order valence-corrected chi connectivity index (χ4v) is 3.43. The molecule has 0 aliphatic heterocycles. The summed E-state index contributed by atoms with van der Waals surface area (Å²) in [6, 6.07) is 8.86. The maximum absolute atomic E-state index is 5.05. The average Bonchev–Trinajstić information content (AvgIpc) is 2.50. The largest absolute Gasteiger partial charge is 0.251 e. The summed E-state index contributed by atoms with van der Waals surface area (Å²) < 4.78 is 0. The lowest BCUT2D eigenvalue weighted by Crippen LogP contribution is -2.15. The van der Waals surface area contributed by atoms with E-state index in [1.807, 2.05) is 0 Å². The van der Waals surface area contributed by atoms with Gasteiger partial charge in [-0.2, -0.15) is 0 Å². The molecule has 0 unspecified atom stereocenters. The van der Waals surface area contributed by atoms with Gasteiger partial charge in [0.1, 0.15) is 0 Å². The molecule has 1 aromatic carbocycles. The number of fused-ring (bicyclic) bond motifs is 1. The molecule has 120 valence electrons. The number of rotatable bonds is 2. The van der Waals surface area contributed by atoms with Gasteiger partial charge in [-0.25, -0.2) is 0 Å². The predicted molar refractivity (Wildman–Crippen MR) is 98.1 cm³/mol. The third kappa shape index (κ3) is 3.21. The zero-order chi connectivity index (χ0) is 16.6. The molecule has 0 bridgehead atoms. The molecule has 0 spiro atoms. The number of nitrogens with zero attached hydrogens (tertiary/aromatic N) is 2. The number of aliphatic imine (C=N–C) groups is 1. The summed E-state index contributed by atoms with van der Waals surface area (Å²) in [6.07, 6.45) is 3.30. The monoisotopic (exact) mass is 306 g/mol. The van der Waals surface area contributed by atoms with Gasteiger partial charge in [0.05, 0.1) is 17.1 Å². The smallest absolute Gasteiger partial charge is 0.0880 e. The number of hydrogen-bond acceptors (Lipinski definition) is 2. The number of aryl methyl sites for hydroxylation is 4. The molecule has 0 fully saturated rings. The minimum Gasteiger partial charge on any atom is -0.251 e. The van der Waals surface area contributed by atoms with Crippen molar-refractivity contribution in [3.8, 4) is 0 Å². The van der Waals surface area contributed by atoms with Crippen LogP contribution in [0.2, 0.25) is 0 Å². The first-order valence-electron chi connectivity index (χ1n) is 8.61. The van der Waals surface area contributed by atoms with E-state index in [1.165, 1.54) is 28.7 Å². The Morgan fingerprint density at radius 2 is 1.70 bits per heavy atom. The summed E-state index contributed by atoms with van der Waals surface area (Å²) in [6.45, 7) is 10.8. The Hall–Kier alpha value is -1.96. The van der Waals surface area contributed by atoms with Crippen LogP contribution >= 0.6 is 0 Å². The Labute approximate surface area is 139 Å². The van der Waals surface area contributed by atoms with E-state index < -0.39 is 0 Å². The Balaban J connectivity index is 2.11. The first kappa shape index (κ1) is 15.9. The standard InChI is InChI=1S/C21H26N2/c1-13(2)18-10-9-17-7-6-8-19(21(17)22-18)23-20-15(4)11-14(3)12-16(20)5/h9-13H,6-8H2,1-5H3. The summed E-state index contributed by atoms with van der Waals surface area (Å²) in [5, 5.41) is 0. The molecule has 2 heteroatoms. The molecular weight excluding hydrogens is 280 g/mol. The fourth-order valence-electron chi connectivity index (χ4n) is 3.43. The van der Waals surface area contributed by atoms with Gasteiger partial charge in [-0.05, 0) is 68.7 Å². The molecule has 1 aromatic heterocycles. The highest BCUT2D eigenvalue weighted by molar-refractivity contribution is 6.02. The van der Waals surface area contributed by atoms with Crippen molar-refractivity contribution < 1.29 is 0 Å². The predicted octanol–water partition coefficient (Wildman–Crippen LogP) is 5.59. The molecule has 23 heavy (non-hydrogen) atoms. The van der Waals surface area contributed by atoms with Crippen LogP contribution in [0, 0.1) is 20.8 Å². The van der Waals surface area contributed by atoms with E-state index in [4.69, 9.17) is 9.98 Å². The van der Waals surface area contributed by atoms with Gasteiger partial charge in [0.25, 0.3) is 0 Å². The highest BCUT2D eigenvalue weighted by atomic mass is 14.8. The Morgan fingerprint density at radius 1 is 1.00 bits per heavy atom. The maximum Gasteiger partial charge on any atom is 0.0880 e. The molecule has 0 amide bonds. The Morgan fingerprint density at radius 3 is 2.35 bits per heavy atom. The zero-order valence-electron chi connectivity index (χ0n) is 14.9. The molecular formula is C21H26N2. The molecule has 0 N–H and O–H groups in total. The molecule has 2 nitrogen and oxygen atoms in total. The van der Waals surface area contributed by atoms with Crippen LogP contribution in [0.15, 0.2) is 29.3 Å². The highest BCUT2D eigenvalue weighted by Gasteiger charge is 2.19. The number of aromatic nitrogens is 1. The molecule has 0 saturated carbocycles. The van der Waals surface area contributed by atoms with Crippen LogP contribution in [-0.4, -0.2) is 10.7 Å². The molecule has 2 aromatic rings. The summed E-state index contributed by atoms with van der Waals surface area (Å²) in [4.78, 5) is 9.99. The summed E-state index contributed by atoms with van der Waals surface area (Å²) in [7, 11) is 0. The molecule has 1 heterocycles. The summed E-state index contributed by atoms with van der Waals surface area (Å²) in [5.41, 5.74) is 9.72. The van der Waals surface area contributed by atoms with Crippen molar-refractivity contribution in [3.63, 3.8) is 0 Å². The molecule has 0 saturated heterocycles. The van der Waals surface area contributed by atoms with Crippen LogP contribution in [0.1, 0.15) is 66.2 Å². The van der Waals surface area contributed by atoms with Crippen molar-refractivity contribution in [2.24, 2.45) is 4.99 Å². The highest BCUT2D eigenvalue weighted by Crippen LogP contribution is 2.29.